The first-order valence-electron chi connectivity index (χ1n) is 7.18. The van der Waals surface area contributed by atoms with Gasteiger partial charge in [-0.2, -0.15) is 0 Å². The minimum atomic E-state index is -3.23. The van der Waals surface area contributed by atoms with Crippen LogP contribution < -0.4 is 5.73 Å². The van der Waals surface area contributed by atoms with E-state index in [9.17, 15) is 8.42 Å². The Morgan fingerprint density at radius 2 is 1.85 bits per heavy atom. The summed E-state index contributed by atoms with van der Waals surface area (Å²) in [5.41, 5.74) is 7.12. The summed E-state index contributed by atoms with van der Waals surface area (Å²) in [5.74, 6) is 0. The third-order valence-corrected chi connectivity index (χ3v) is 6.91. The van der Waals surface area contributed by atoms with Gasteiger partial charge in [-0.15, -0.1) is 0 Å². The van der Waals surface area contributed by atoms with Gasteiger partial charge < -0.3 is 10.5 Å². The topological polar surface area (TPSA) is 69.4 Å². The summed E-state index contributed by atoms with van der Waals surface area (Å²) in [6.45, 7) is 2.95. The van der Waals surface area contributed by atoms with E-state index in [4.69, 9.17) is 10.5 Å². The summed E-state index contributed by atoms with van der Waals surface area (Å²) >= 11 is 0. The maximum absolute atomic E-state index is 12.8. The van der Waals surface area contributed by atoms with E-state index in [0.29, 0.717) is 32.5 Å². The van der Waals surface area contributed by atoms with E-state index < -0.39 is 21.1 Å². The van der Waals surface area contributed by atoms with Crippen LogP contribution in [-0.4, -0.2) is 32.1 Å². The van der Waals surface area contributed by atoms with Crippen LogP contribution >= 0.6 is 0 Å². The van der Waals surface area contributed by atoms with Gasteiger partial charge in [0, 0.05) is 19.3 Å². The highest BCUT2D eigenvalue weighted by Gasteiger charge is 2.37. The summed E-state index contributed by atoms with van der Waals surface area (Å²) in [4.78, 5) is 0. The molecule has 2 unspecified atom stereocenters. The van der Waals surface area contributed by atoms with E-state index in [1.54, 1.807) is 0 Å². The molecular weight excluding hydrogens is 274 g/mol. The number of ether oxygens (including phenoxy) is 1. The predicted molar refractivity (Wildman–Crippen MR) is 80.2 cm³/mol. The Kier molecular flexibility index (Phi) is 5.18. The Hall–Kier alpha value is -0.910. The molecule has 1 heterocycles. The van der Waals surface area contributed by atoms with Crippen molar-refractivity contribution in [2.45, 2.75) is 42.7 Å². The zero-order valence-electron chi connectivity index (χ0n) is 11.9. The van der Waals surface area contributed by atoms with Crippen LogP contribution in [0.1, 0.15) is 37.8 Å². The Bertz CT molecular complexity index is 509. The minimum Gasteiger partial charge on any atom is -0.381 e. The largest absolute Gasteiger partial charge is 0.381 e. The van der Waals surface area contributed by atoms with Crippen LogP contribution in [0.4, 0.5) is 0 Å². The molecule has 2 N–H and O–H groups in total. The maximum Gasteiger partial charge on any atom is 0.158 e. The second-order valence-electron chi connectivity index (χ2n) is 5.28. The number of nitrogens with two attached hydrogens (primary N) is 1. The molecule has 1 aliphatic rings. The summed E-state index contributed by atoms with van der Waals surface area (Å²) in [5, 5.41) is -0.830. The van der Waals surface area contributed by atoms with Crippen LogP contribution in [0, 0.1) is 0 Å². The lowest BCUT2D eigenvalue weighted by Crippen LogP contribution is -2.41. The predicted octanol–water partition coefficient (Wildman–Crippen LogP) is 2.06. The van der Waals surface area contributed by atoms with Crippen molar-refractivity contribution in [2.75, 3.05) is 13.2 Å². The SMILES string of the molecule is CCC(C(N)c1ccccc1)S(=O)(=O)C1CCOCC1. The fourth-order valence-corrected chi connectivity index (χ4v) is 5.21. The van der Waals surface area contributed by atoms with E-state index in [-0.39, 0.29) is 5.25 Å². The number of rotatable bonds is 5. The molecule has 2 atom stereocenters. The Morgan fingerprint density at radius 3 is 2.40 bits per heavy atom. The van der Waals surface area contributed by atoms with Gasteiger partial charge in [0.15, 0.2) is 9.84 Å². The lowest BCUT2D eigenvalue weighted by Gasteiger charge is -2.30. The molecule has 0 radical (unpaired) electrons. The van der Waals surface area contributed by atoms with Crippen molar-refractivity contribution in [2.24, 2.45) is 5.73 Å². The standard InChI is InChI=1S/C15H23NO3S/c1-2-14(15(16)12-6-4-3-5-7-12)20(17,18)13-8-10-19-11-9-13/h3-7,13-15H,2,8-11,16H2,1H3. The zero-order chi connectivity index (χ0) is 14.6. The summed E-state index contributed by atoms with van der Waals surface area (Å²) in [7, 11) is -3.23. The third kappa shape index (κ3) is 3.22. The van der Waals surface area contributed by atoms with Gasteiger partial charge in [0.2, 0.25) is 0 Å². The third-order valence-electron chi connectivity index (χ3n) is 4.04. The molecule has 20 heavy (non-hydrogen) atoms. The van der Waals surface area contributed by atoms with E-state index in [1.165, 1.54) is 0 Å². The van der Waals surface area contributed by atoms with Gasteiger partial charge in [-0.05, 0) is 24.8 Å². The lowest BCUT2D eigenvalue weighted by atomic mass is 10.0. The highest BCUT2D eigenvalue weighted by molar-refractivity contribution is 7.92. The molecule has 0 saturated carbocycles. The Morgan fingerprint density at radius 1 is 1.25 bits per heavy atom. The molecule has 112 valence electrons. The van der Waals surface area contributed by atoms with Crippen molar-refractivity contribution < 1.29 is 13.2 Å². The summed E-state index contributed by atoms with van der Waals surface area (Å²) in [6.07, 6.45) is 1.70. The van der Waals surface area contributed by atoms with Crippen molar-refractivity contribution >= 4 is 9.84 Å². The van der Waals surface area contributed by atoms with Gasteiger partial charge in [-0.1, -0.05) is 37.3 Å². The second-order valence-corrected chi connectivity index (χ2v) is 7.73. The van der Waals surface area contributed by atoms with Gasteiger partial charge in [-0.3, -0.25) is 0 Å². The minimum absolute atomic E-state index is 0.309. The molecule has 0 bridgehead atoms. The smallest absolute Gasteiger partial charge is 0.158 e. The highest BCUT2D eigenvalue weighted by Crippen LogP contribution is 2.29. The van der Waals surface area contributed by atoms with Crippen LogP contribution in [0.5, 0.6) is 0 Å². The summed E-state index contributed by atoms with van der Waals surface area (Å²) in [6, 6.07) is 9.02. The average molecular weight is 297 g/mol. The van der Waals surface area contributed by atoms with Gasteiger partial charge in [0.05, 0.1) is 10.5 Å². The summed E-state index contributed by atoms with van der Waals surface area (Å²) < 4.78 is 30.8. The van der Waals surface area contributed by atoms with E-state index >= 15 is 0 Å². The van der Waals surface area contributed by atoms with E-state index in [0.717, 1.165) is 5.56 Å². The van der Waals surface area contributed by atoms with Gasteiger partial charge in [0.25, 0.3) is 0 Å². The van der Waals surface area contributed by atoms with E-state index in [1.807, 2.05) is 37.3 Å². The molecule has 0 amide bonds. The normalized spacial score (nSPS) is 20.5. The molecular formula is C15H23NO3S. The van der Waals surface area contributed by atoms with Crippen molar-refractivity contribution in [3.05, 3.63) is 35.9 Å². The molecule has 0 spiro atoms. The lowest BCUT2D eigenvalue weighted by molar-refractivity contribution is 0.0981. The molecule has 4 nitrogen and oxygen atoms in total. The van der Waals surface area contributed by atoms with Crippen LogP contribution in [0.15, 0.2) is 30.3 Å². The fraction of sp³-hybridized carbons (Fsp3) is 0.600. The first kappa shape index (κ1) is 15.5. The maximum atomic E-state index is 12.8. The monoisotopic (exact) mass is 297 g/mol. The first-order valence-corrected chi connectivity index (χ1v) is 8.79. The van der Waals surface area contributed by atoms with Crippen LogP contribution in [0.3, 0.4) is 0 Å². The fourth-order valence-electron chi connectivity index (χ4n) is 2.83. The Balaban J connectivity index is 2.22. The highest BCUT2D eigenvalue weighted by atomic mass is 32.2. The molecule has 1 fully saturated rings. The van der Waals surface area contributed by atoms with Crippen molar-refractivity contribution in [3.8, 4) is 0 Å². The van der Waals surface area contributed by atoms with E-state index in [2.05, 4.69) is 0 Å². The van der Waals surface area contributed by atoms with Gasteiger partial charge in [0.1, 0.15) is 0 Å². The quantitative estimate of drug-likeness (QED) is 0.903. The number of hydrogen-bond donors (Lipinski definition) is 1. The van der Waals surface area contributed by atoms with Crippen LogP contribution in [0.25, 0.3) is 0 Å². The zero-order valence-corrected chi connectivity index (χ0v) is 12.7. The molecule has 2 rings (SSSR count). The van der Waals surface area contributed by atoms with Gasteiger partial charge >= 0.3 is 0 Å². The molecule has 0 aromatic heterocycles. The molecule has 1 aromatic rings. The molecule has 5 heteroatoms. The molecule has 1 saturated heterocycles. The Labute approximate surface area is 121 Å². The molecule has 0 aliphatic carbocycles. The van der Waals surface area contributed by atoms with Gasteiger partial charge in [-0.25, -0.2) is 8.42 Å². The second kappa shape index (κ2) is 6.70. The average Bonchev–Trinajstić information content (AvgIpc) is 2.49. The first-order chi connectivity index (χ1) is 9.57. The number of sulfone groups is 1. The number of hydrogen-bond acceptors (Lipinski definition) is 4. The molecule has 1 aromatic carbocycles. The van der Waals surface area contributed by atoms with Crippen molar-refractivity contribution in [3.63, 3.8) is 0 Å². The van der Waals surface area contributed by atoms with Crippen molar-refractivity contribution in [1.29, 1.82) is 0 Å². The van der Waals surface area contributed by atoms with Crippen LogP contribution in [0.2, 0.25) is 0 Å². The molecule has 1 aliphatic heterocycles. The number of benzene rings is 1. The van der Waals surface area contributed by atoms with Crippen molar-refractivity contribution in [1.82, 2.24) is 0 Å². The van der Waals surface area contributed by atoms with Crippen LogP contribution in [-0.2, 0) is 14.6 Å².